The fourth-order valence-electron chi connectivity index (χ4n) is 1.65. The molecule has 0 aromatic carbocycles. The number of halogens is 1. The standard InChI is InChI=1S/C11H15ClN2O/c1-7(15-2)11-13-9(6-10(12)14-11)8-4-3-5-8/h6-8H,3-5H2,1-2H3/t7-/m1/s1. The minimum absolute atomic E-state index is 0.0949. The summed E-state index contributed by atoms with van der Waals surface area (Å²) in [6, 6.07) is 1.87. The summed E-state index contributed by atoms with van der Waals surface area (Å²) in [5.41, 5.74) is 1.07. The number of rotatable bonds is 3. The summed E-state index contributed by atoms with van der Waals surface area (Å²) in [6.45, 7) is 1.93. The van der Waals surface area contributed by atoms with Crippen LogP contribution in [0.1, 0.15) is 49.7 Å². The first-order valence-electron chi connectivity index (χ1n) is 5.28. The van der Waals surface area contributed by atoms with Crippen LogP contribution in [0.3, 0.4) is 0 Å². The SMILES string of the molecule is CO[C@H](C)c1nc(Cl)cc(C2CCC2)n1. The van der Waals surface area contributed by atoms with Gasteiger partial charge in [0.2, 0.25) is 0 Å². The zero-order valence-electron chi connectivity index (χ0n) is 9.03. The van der Waals surface area contributed by atoms with Crippen LogP contribution in [0.25, 0.3) is 0 Å². The first-order valence-corrected chi connectivity index (χ1v) is 5.65. The highest BCUT2D eigenvalue weighted by molar-refractivity contribution is 6.29. The van der Waals surface area contributed by atoms with E-state index >= 15 is 0 Å². The van der Waals surface area contributed by atoms with E-state index in [0.29, 0.717) is 16.9 Å². The van der Waals surface area contributed by atoms with Crippen molar-refractivity contribution in [3.05, 3.63) is 22.7 Å². The first-order chi connectivity index (χ1) is 7.20. The van der Waals surface area contributed by atoms with Crippen molar-refractivity contribution >= 4 is 11.6 Å². The molecule has 3 nitrogen and oxygen atoms in total. The lowest BCUT2D eigenvalue weighted by atomic mass is 9.83. The van der Waals surface area contributed by atoms with Crippen molar-refractivity contribution < 1.29 is 4.74 Å². The van der Waals surface area contributed by atoms with Gasteiger partial charge in [-0.1, -0.05) is 18.0 Å². The molecule has 0 aliphatic heterocycles. The van der Waals surface area contributed by atoms with E-state index in [9.17, 15) is 0 Å². The Hall–Kier alpha value is -0.670. The lowest BCUT2D eigenvalue weighted by Gasteiger charge is -2.25. The number of hydrogen-bond donors (Lipinski definition) is 0. The molecule has 0 N–H and O–H groups in total. The van der Waals surface area contributed by atoms with Gasteiger partial charge in [0.25, 0.3) is 0 Å². The Balaban J connectivity index is 2.27. The fraction of sp³-hybridized carbons (Fsp3) is 0.636. The van der Waals surface area contributed by atoms with E-state index in [2.05, 4.69) is 9.97 Å². The third kappa shape index (κ3) is 2.29. The zero-order valence-corrected chi connectivity index (χ0v) is 9.79. The number of hydrogen-bond acceptors (Lipinski definition) is 3. The van der Waals surface area contributed by atoms with Crippen LogP contribution in [-0.4, -0.2) is 17.1 Å². The largest absolute Gasteiger partial charge is 0.374 e. The predicted molar refractivity (Wildman–Crippen MR) is 59.1 cm³/mol. The molecule has 0 amide bonds. The smallest absolute Gasteiger partial charge is 0.158 e. The predicted octanol–water partition coefficient (Wildman–Crippen LogP) is 3.10. The molecule has 4 heteroatoms. The molecule has 0 unspecified atom stereocenters. The second-order valence-corrected chi connectivity index (χ2v) is 4.37. The molecule has 0 radical (unpaired) electrons. The Morgan fingerprint density at radius 1 is 1.47 bits per heavy atom. The maximum Gasteiger partial charge on any atom is 0.158 e. The Labute approximate surface area is 94.8 Å². The highest BCUT2D eigenvalue weighted by Crippen LogP contribution is 2.36. The summed E-state index contributed by atoms with van der Waals surface area (Å²) in [5.74, 6) is 1.26. The molecule has 1 aliphatic rings. The molecule has 1 atom stereocenters. The number of methoxy groups -OCH3 is 1. The highest BCUT2D eigenvalue weighted by atomic mass is 35.5. The molecule has 1 aromatic rings. The summed E-state index contributed by atoms with van der Waals surface area (Å²) >= 11 is 5.97. The molecule has 1 aromatic heterocycles. The van der Waals surface area contributed by atoms with Gasteiger partial charge in [0, 0.05) is 18.7 Å². The third-order valence-corrected chi connectivity index (χ3v) is 3.17. The molecule has 1 aliphatic carbocycles. The molecule has 0 bridgehead atoms. The van der Waals surface area contributed by atoms with Crippen molar-refractivity contribution in [1.82, 2.24) is 9.97 Å². The van der Waals surface area contributed by atoms with Gasteiger partial charge in [-0.3, -0.25) is 0 Å². The number of aromatic nitrogens is 2. The maximum atomic E-state index is 5.97. The van der Waals surface area contributed by atoms with Crippen molar-refractivity contribution in [2.75, 3.05) is 7.11 Å². The van der Waals surface area contributed by atoms with Crippen molar-refractivity contribution in [2.45, 2.75) is 38.2 Å². The summed E-state index contributed by atoms with van der Waals surface area (Å²) in [6.07, 6.45) is 3.63. The van der Waals surface area contributed by atoms with E-state index in [1.807, 2.05) is 13.0 Å². The van der Waals surface area contributed by atoms with Crippen molar-refractivity contribution in [3.8, 4) is 0 Å². The number of ether oxygens (including phenoxy) is 1. The van der Waals surface area contributed by atoms with E-state index < -0.39 is 0 Å². The van der Waals surface area contributed by atoms with Crippen molar-refractivity contribution in [3.63, 3.8) is 0 Å². The van der Waals surface area contributed by atoms with Gasteiger partial charge in [-0.25, -0.2) is 9.97 Å². The first kappa shape index (κ1) is 10.8. The molecular weight excluding hydrogens is 212 g/mol. The lowest BCUT2D eigenvalue weighted by molar-refractivity contribution is 0.111. The van der Waals surface area contributed by atoms with Gasteiger partial charge in [-0.15, -0.1) is 0 Å². The fourth-order valence-corrected chi connectivity index (χ4v) is 1.85. The van der Waals surface area contributed by atoms with E-state index in [0.717, 1.165) is 5.69 Å². The minimum Gasteiger partial charge on any atom is -0.374 e. The summed E-state index contributed by atoms with van der Waals surface area (Å²) < 4.78 is 5.19. The summed E-state index contributed by atoms with van der Waals surface area (Å²) in [4.78, 5) is 8.68. The molecule has 1 heterocycles. The van der Waals surface area contributed by atoms with Gasteiger partial charge in [0.1, 0.15) is 11.3 Å². The molecule has 82 valence electrons. The van der Waals surface area contributed by atoms with Gasteiger partial charge >= 0.3 is 0 Å². The van der Waals surface area contributed by atoms with Crippen LogP contribution in [0.5, 0.6) is 0 Å². The monoisotopic (exact) mass is 226 g/mol. The second kappa shape index (κ2) is 4.45. The van der Waals surface area contributed by atoms with Crippen LogP contribution in [0.2, 0.25) is 5.15 Å². The highest BCUT2D eigenvalue weighted by Gasteiger charge is 2.22. The Kier molecular flexibility index (Phi) is 3.22. The lowest BCUT2D eigenvalue weighted by Crippen LogP contribution is -2.13. The summed E-state index contributed by atoms with van der Waals surface area (Å²) in [7, 11) is 1.65. The molecule has 0 saturated heterocycles. The van der Waals surface area contributed by atoms with Gasteiger partial charge in [0.05, 0.1) is 0 Å². The molecule has 0 spiro atoms. The normalized spacial score (nSPS) is 18.6. The Morgan fingerprint density at radius 3 is 2.73 bits per heavy atom. The molecule has 2 rings (SSSR count). The minimum atomic E-state index is -0.0949. The Morgan fingerprint density at radius 2 is 2.20 bits per heavy atom. The van der Waals surface area contributed by atoms with Gasteiger partial charge < -0.3 is 4.74 Å². The topological polar surface area (TPSA) is 35.0 Å². The quantitative estimate of drug-likeness (QED) is 0.743. The molecule has 15 heavy (non-hydrogen) atoms. The summed E-state index contributed by atoms with van der Waals surface area (Å²) in [5, 5.41) is 0.519. The van der Waals surface area contributed by atoms with Crippen LogP contribution in [0.15, 0.2) is 6.07 Å². The van der Waals surface area contributed by atoms with E-state index in [4.69, 9.17) is 16.3 Å². The van der Waals surface area contributed by atoms with Gasteiger partial charge in [-0.2, -0.15) is 0 Å². The van der Waals surface area contributed by atoms with Crippen LogP contribution in [0, 0.1) is 0 Å². The average Bonchev–Trinajstić information content (AvgIpc) is 2.13. The Bertz CT molecular complexity index is 329. The maximum absolute atomic E-state index is 5.97. The van der Waals surface area contributed by atoms with Crippen molar-refractivity contribution in [1.29, 1.82) is 0 Å². The van der Waals surface area contributed by atoms with Crippen molar-refractivity contribution in [2.24, 2.45) is 0 Å². The second-order valence-electron chi connectivity index (χ2n) is 3.98. The number of nitrogens with zero attached hydrogens (tertiary/aromatic N) is 2. The van der Waals surface area contributed by atoms with E-state index in [1.165, 1.54) is 19.3 Å². The van der Waals surface area contributed by atoms with Gasteiger partial charge in [-0.05, 0) is 25.8 Å². The zero-order chi connectivity index (χ0) is 10.8. The average molecular weight is 227 g/mol. The van der Waals surface area contributed by atoms with E-state index in [-0.39, 0.29) is 6.10 Å². The molecule has 1 saturated carbocycles. The molecule has 1 fully saturated rings. The third-order valence-electron chi connectivity index (χ3n) is 2.97. The van der Waals surface area contributed by atoms with Crippen LogP contribution in [0.4, 0.5) is 0 Å². The van der Waals surface area contributed by atoms with Crippen LogP contribution >= 0.6 is 11.6 Å². The van der Waals surface area contributed by atoms with Crippen LogP contribution in [-0.2, 0) is 4.74 Å². The molecular formula is C11H15ClN2O. The van der Waals surface area contributed by atoms with E-state index in [1.54, 1.807) is 7.11 Å². The van der Waals surface area contributed by atoms with Gasteiger partial charge in [0.15, 0.2) is 5.82 Å². The van der Waals surface area contributed by atoms with Crippen LogP contribution < -0.4 is 0 Å².